The number of anilines is 2. The zero-order valence-electron chi connectivity index (χ0n) is 11.6. The number of hydrogen-bond acceptors (Lipinski definition) is 4. The summed E-state index contributed by atoms with van der Waals surface area (Å²) in [4.78, 5) is 11.1. The molecule has 116 valence electrons. The standard InChI is InChI=1S/C13H19N3O4S/c14-11-6-2-3-7-12(11)16(10-13(17)18)21(19,20)15-8-4-1-5-9-15/h2-3,6-7H,1,4-5,8-10,14H2,(H,17,18). The number of benzene rings is 1. The van der Waals surface area contributed by atoms with Gasteiger partial charge in [-0.15, -0.1) is 0 Å². The van der Waals surface area contributed by atoms with E-state index in [9.17, 15) is 13.2 Å². The first-order valence-electron chi connectivity index (χ1n) is 6.77. The van der Waals surface area contributed by atoms with Crippen LogP contribution in [-0.2, 0) is 15.0 Å². The van der Waals surface area contributed by atoms with Crippen LogP contribution >= 0.6 is 0 Å². The summed E-state index contributed by atoms with van der Waals surface area (Å²) in [6.45, 7) is 0.170. The highest BCUT2D eigenvalue weighted by Gasteiger charge is 2.33. The van der Waals surface area contributed by atoms with Crippen LogP contribution < -0.4 is 10.0 Å². The van der Waals surface area contributed by atoms with Crippen LogP contribution in [0.15, 0.2) is 24.3 Å². The number of hydrogen-bond donors (Lipinski definition) is 2. The highest BCUT2D eigenvalue weighted by atomic mass is 32.2. The molecule has 0 saturated carbocycles. The molecule has 0 aromatic heterocycles. The van der Waals surface area contributed by atoms with Crippen molar-refractivity contribution in [2.75, 3.05) is 29.7 Å². The van der Waals surface area contributed by atoms with Gasteiger partial charge in [-0.05, 0) is 25.0 Å². The van der Waals surface area contributed by atoms with E-state index in [0.29, 0.717) is 13.1 Å². The average Bonchev–Trinajstić information content (AvgIpc) is 2.46. The third-order valence-electron chi connectivity index (χ3n) is 3.40. The van der Waals surface area contributed by atoms with E-state index >= 15 is 0 Å². The minimum atomic E-state index is -3.89. The first-order chi connectivity index (χ1) is 9.93. The monoisotopic (exact) mass is 313 g/mol. The number of nitrogen functional groups attached to an aromatic ring is 1. The summed E-state index contributed by atoms with van der Waals surface area (Å²) < 4.78 is 27.6. The molecule has 1 aromatic rings. The number of carbonyl (C=O) groups is 1. The molecule has 0 unspecified atom stereocenters. The van der Waals surface area contributed by atoms with Crippen molar-refractivity contribution in [2.45, 2.75) is 19.3 Å². The lowest BCUT2D eigenvalue weighted by molar-refractivity contribution is -0.135. The smallest absolute Gasteiger partial charge is 0.324 e. The molecule has 1 aliphatic rings. The van der Waals surface area contributed by atoms with Gasteiger partial charge in [0.25, 0.3) is 0 Å². The lowest BCUT2D eigenvalue weighted by Crippen LogP contribution is -2.48. The first-order valence-corrected chi connectivity index (χ1v) is 8.17. The Kier molecular flexibility index (Phi) is 4.69. The predicted molar refractivity (Wildman–Crippen MR) is 80.2 cm³/mol. The van der Waals surface area contributed by atoms with E-state index in [1.54, 1.807) is 18.2 Å². The number of piperidine rings is 1. The zero-order valence-corrected chi connectivity index (χ0v) is 12.4. The lowest BCUT2D eigenvalue weighted by Gasteiger charge is -2.32. The minimum Gasteiger partial charge on any atom is -0.480 e. The van der Waals surface area contributed by atoms with E-state index in [1.165, 1.54) is 10.4 Å². The number of aliphatic carboxylic acids is 1. The van der Waals surface area contributed by atoms with E-state index in [-0.39, 0.29) is 11.4 Å². The van der Waals surface area contributed by atoms with Gasteiger partial charge in [0.15, 0.2) is 0 Å². The van der Waals surface area contributed by atoms with Crippen LogP contribution in [0.3, 0.4) is 0 Å². The number of rotatable bonds is 5. The zero-order chi connectivity index (χ0) is 15.5. The van der Waals surface area contributed by atoms with E-state index in [2.05, 4.69) is 0 Å². The number of nitrogens with zero attached hydrogens (tertiary/aromatic N) is 2. The maximum atomic E-state index is 12.7. The van der Waals surface area contributed by atoms with Crippen molar-refractivity contribution in [1.29, 1.82) is 0 Å². The highest BCUT2D eigenvalue weighted by molar-refractivity contribution is 7.90. The van der Waals surface area contributed by atoms with Gasteiger partial charge in [-0.2, -0.15) is 12.7 Å². The minimum absolute atomic E-state index is 0.200. The summed E-state index contributed by atoms with van der Waals surface area (Å²) in [6.07, 6.45) is 2.55. The summed E-state index contributed by atoms with van der Waals surface area (Å²) >= 11 is 0. The van der Waals surface area contributed by atoms with Gasteiger partial charge in [0.1, 0.15) is 6.54 Å². The number of carboxylic acid groups (broad SMARTS) is 1. The number of para-hydroxylation sites is 2. The Balaban J connectivity index is 2.40. The van der Waals surface area contributed by atoms with Crippen LogP contribution in [0.5, 0.6) is 0 Å². The molecule has 1 aliphatic heterocycles. The molecule has 1 saturated heterocycles. The SMILES string of the molecule is Nc1ccccc1N(CC(=O)O)S(=O)(=O)N1CCCCC1. The fourth-order valence-corrected chi connectivity index (χ4v) is 4.05. The normalized spacial score (nSPS) is 16.6. The Hall–Kier alpha value is -1.80. The highest BCUT2D eigenvalue weighted by Crippen LogP contribution is 2.27. The van der Waals surface area contributed by atoms with Gasteiger partial charge in [-0.25, -0.2) is 4.31 Å². The Morgan fingerprint density at radius 1 is 1.24 bits per heavy atom. The van der Waals surface area contributed by atoms with Crippen molar-refractivity contribution in [3.8, 4) is 0 Å². The van der Waals surface area contributed by atoms with Gasteiger partial charge in [-0.1, -0.05) is 18.6 Å². The molecule has 0 spiro atoms. The molecule has 2 rings (SSSR count). The molecule has 21 heavy (non-hydrogen) atoms. The molecule has 8 heteroatoms. The van der Waals surface area contributed by atoms with Crippen molar-refractivity contribution in [1.82, 2.24) is 4.31 Å². The van der Waals surface area contributed by atoms with Crippen LogP contribution in [0.25, 0.3) is 0 Å². The summed E-state index contributed by atoms with van der Waals surface area (Å²) in [5.74, 6) is -1.22. The molecule has 0 amide bonds. The summed E-state index contributed by atoms with van der Waals surface area (Å²) in [7, 11) is -3.89. The second kappa shape index (κ2) is 6.31. The molecule has 0 atom stereocenters. The van der Waals surface area contributed by atoms with Crippen LogP contribution in [0, 0.1) is 0 Å². The summed E-state index contributed by atoms with van der Waals surface area (Å²) in [5.41, 5.74) is 6.24. The topological polar surface area (TPSA) is 104 Å². The van der Waals surface area contributed by atoms with Crippen molar-refractivity contribution < 1.29 is 18.3 Å². The van der Waals surface area contributed by atoms with E-state index in [0.717, 1.165) is 23.6 Å². The van der Waals surface area contributed by atoms with Crippen molar-refractivity contribution >= 4 is 27.6 Å². The van der Waals surface area contributed by atoms with Gasteiger partial charge < -0.3 is 10.8 Å². The van der Waals surface area contributed by atoms with Gasteiger partial charge in [0.2, 0.25) is 0 Å². The third-order valence-corrected chi connectivity index (χ3v) is 5.30. The maximum Gasteiger partial charge on any atom is 0.324 e. The van der Waals surface area contributed by atoms with Crippen LogP contribution in [0.1, 0.15) is 19.3 Å². The molecule has 3 N–H and O–H groups in total. The fraction of sp³-hybridized carbons (Fsp3) is 0.462. The second-order valence-corrected chi connectivity index (χ2v) is 6.78. The van der Waals surface area contributed by atoms with Crippen LogP contribution in [0.2, 0.25) is 0 Å². The Bertz CT molecular complexity index is 612. The van der Waals surface area contributed by atoms with Gasteiger partial charge in [-0.3, -0.25) is 4.79 Å². The largest absolute Gasteiger partial charge is 0.480 e. The van der Waals surface area contributed by atoms with Crippen LogP contribution in [0.4, 0.5) is 11.4 Å². The van der Waals surface area contributed by atoms with E-state index in [4.69, 9.17) is 10.8 Å². The fourth-order valence-electron chi connectivity index (χ4n) is 2.36. The lowest BCUT2D eigenvalue weighted by atomic mass is 10.2. The average molecular weight is 313 g/mol. The van der Waals surface area contributed by atoms with Gasteiger partial charge in [0.05, 0.1) is 11.4 Å². The molecule has 7 nitrogen and oxygen atoms in total. The van der Waals surface area contributed by atoms with Crippen molar-refractivity contribution in [3.05, 3.63) is 24.3 Å². The van der Waals surface area contributed by atoms with Gasteiger partial charge in [0, 0.05) is 13.1 Å². The summed E-state index contributed by atoms with van der Waals surface area (Å²) in [5, 5.41) is 9.03. The Morgan fingerprint density at radius 3 is 2.43 bits per heavy atom. The first kappa shape index (κ1) is 15.6. The number of carboxylic acids is 1. The molecule has 1 heterocycles. The molecule has 1 aromatic carbocycles. The van der Waals surface area contributed by atoms with E-state index in [1.807, 2.05) is 0 Å². The van der Waals surface area contributed by atoms with Gasteiger partial charge >= 0.3 is 16.2 Å². The molecule has 0 radical (unpaired) electrons. The molecule has 0 bridgehead atoms. The van der Waals surface area contributed by atoms with Crippen molar-refractivity contribution in [2.24, 2.45) is 0 Å². The molecular formula is C13H19N3O4S. The summed E-state index contributed by atoms with van der Waals surface area (Å²) in [6, 6.07) is 6.37. The predicted octanol–water partition coefficient (Wildman–Crippen LogP) is 0.890. The molecular weight excluding hydrogens is 294 g/mol. The maximum absolute atomic E-state index is 12.7. The second-order valence-electron chi connectivity index (χ2n) is 4.93. The van der Waals surface area contributed by atoms with E-state index < -0.39 is 22.7 Å². The molecule has 0 aliphatic carbocycles. The quantitative estimate of drug-likeness (QED) is 0.786. The third kappa shape index (κ3) is 3.45. The van der Waals surface area contributed by atoms with Crippen LogP contribution in [-0.4, -0.2) is 43.4 Å². The Labute approximate surface area is 124 Å². The van der Waals surface area contributed by atoms with Crippen molar-refractivity contribution in [3.63, 3.8) is 0 Å². The number of nitrogens with two attached hydrogens (primary N) is 1. The molecule has 1 fully saturated rings. The Morgan fingerprint density at radius 2 is 1.86 bits per heavy atom.